The van der Waals surface area contributed by atoms with Crippen molar-refractivity contribution in [1.29, 1.82) is 0 Å². The predicted molar refractivity (Wildman–Crippen MR) is 108 cm³/mol. The second-order valence-electron chi connectivity index (χ2n) is 8.58. The van der Waals surface area contributed by atoms with Gasteiger partial charge >= 0.3 is 6.18 Å². The molecule has 3 rings (SSSR count). The predicted octanol–water partition coefficient (Wildman–Crippen LogP) is 4.37. The molecular formula is C22H27F6N3O. The van der Waals surface area contributed by atoms with Crippen molar-refractivity contribution in [2.24, 2.45) is 5.92 Å². The van der Waals surface area contributed by atoms with E-state index in [0.29, 0.717) is 51.5 Å². The zero-order valence-corrected chi connectivity index (χ0v) is 17.7. The number of likely N-dealkylation sites (tertiary alicyclic amines) is 2. The van der Waals surface area contributed by atoms with E-state index in [1.54, 1.807) is 4.90 Å². The molecule has 0 bridgehead atoms. The van der Waals surface area contributed by atoms with E-state index < -0.39 is 30.0 Å². The maximum atomic E-state index is 13.6. The summed E-state index contributed by atoms with van der Waals surface area (Å²) < 4.78 is 79.3. The molecule has 0 radical (unpaired) electrons. The SMILES string of the molecule is C=C(NCC1CCN(C(=O)CN2CCCC(F)(F)C2)CC1)c1cc(F)cc(C(F)(F)F)c1. The molecule has 10 heteroatoms. The molecule has 2 saturated heterocycles. The van der Waals surface area contributed by atoms with Crippen molar-refractivity contribution >= 4 is 11.6 Å². The van der Waals surface area contributed by atoms with Crippen molar-refractivity contribution in [2.75, 3.05) is 39.3 Å². The first-order valence-electron chi connectivity index (χ1n) is 10.6. The minimum absolute atomic E-state index is 0.0174. The van der Waals surface area contributed by atoms with Gasteiger partial charge in [0, 0.05) is 37.3 Å². The van der Waals surface area contributed by atoms with Crippen LogP contribution in [-0.4, -0.2) is 60.9 Å². The van der Waals surface area contributed by atoms with E-state index in [9.17, 15) is 31.1 Å². The third kappa shape index (κ3) is 6.63. The standard InChI is InChI=1S/C22H27F6N3O/c1-15(17-9-18(22(26,27)28)11-19(23)10-17)29-12-16-3-7-31(8-4-16)20(32)13-30-6-2-5-21(24,25)14-30/h9-11,16,29H,1-8,12-14H2. The second kappa shape index (κ2) is 9.72. The summed E-state index contributed by atoms with van der Waals surface area (Å²) in [5.74, 6) is -3.75. The van der Waals surface area contributed by atoms with Gasteiger partial charge in [0.15, 0.2) is 0 Å². The second-order valence-corrected chi connectivity index (χ2v) is 8.58. The molecule has 32 heavy (non-hydrogen) atoms. The van der Waals surface area contributed by atoms with Crippen LogP contribution in [0.3, 0.4) is 0 Å². The molecule has 0 atom stereocenters. The van der Waals surface area contributed by atoms with Crippen LogP contribution in [0.5, 0.6) is 0 Å². The highest BCUT2D eigenvalue weighted by Gasteiger charge is 2.36. The van der Waals surface area contributed by atoms with E-state index in [1.807, 2.05) is 0 Å². The summed E-state index contributed by atoms with van der Waals surface area (Å²) >= 11 is 0. The number of benzene rings is 1. The van der Waals surface area contributed by atoms with Gasteiger partial charge in [-0.25, -0.2) is 13.2 Å². The Kier molecular flexibility index (Phi) is 7.42. The lowest BCUT2D eigenvalue weighted by atomic mass is 9.96. The average molecular weight is 463 g/mol. The van der Waals surface area contributed by atoms with Crippen LogP contribution in [0.4, 0.5) is 26.3 Å². The Morgan fingerprint density at radius 2 is 1.84 bits per heavy atom. The van der Waals surface area contributed by atoms with Crippen LogP contribution in [0.15, 0.2) is 24.8 Å². The Morgan fingerprint density at radius 1 is 1.16 bits per heavy atom. The first-order valence-corrected chi connectivity index (χ1v) is 10.6. The zero-order chi connectivity index (χ0) is 23.5. The normalized spacial score (nSPS) is 20.2. The minimum atomic E-state index is -4.65. The van der Waals surface area contributed by atoms with Crippen molar-refractivity contribution in [3.8, 4) is 0 Å². The Labute approximate surface area is 183 Å². The molecular weight excluding hydrogens is 436 g/mol. The lowest BCUT2D eigenvalue weighted by molar-refractivity contribution is -0.138. The van der Waals surface area contributed by atoms with Gasteiger partial charge in [-0.15, -0.1) is 0 Å². The van der Waals surface area contributed by atoms with E-state index in [2.05, 4.69) is 11.9 Å². The molecule has 1 N–H and O–H groups in total. The monoisotopic (exact) mass is 463 g/mol. The number of nitrogens with one attached hydrogen (secondary N) is 1. The van der Waals surface area contributed by atoms with Gasteiger partial charge in [-0.2, -0.15) is 13.2 Å². The summed E-state index contributed by atoms with van der Waals surface area (Å²) in [6.45, 7) is 5.19. The van der Waals surface area contributed by atoms with Gasteiger partial charge < -0.3 is 10.2 Å². The van der Waals surface area contributed by atoms with E-state index >= 15 is 0 Å². The minimum Gasteiger partial charge on any atom is -0.385 e. The molecule has 0 unspecified atom stereocenters. The summed E-state index contributed by atoms with van der Waals surface area (Å²) in [6, 6.07) is 2.29. The van der Waals surface area contributed by atoms with Gasteiger partial charge in [-0.3, -0.25) is 9.69 Å². The number of amides is 1. The van der Waals surface area contributed by atoms with E-state index in [0.717, 1.165) is 12.1 Å². The van der Waals surface area contributed by atoms with Crippen LogP contribution in [0, 0.1) is 11.7 Å². The van der Waals surface area contributed by atoms with Crippen LogP contribution < -0.4 is 5.32 Å². The summed E-state index contributed by atoms with van der Waals surface area (Å²) in [5.41, 5.74) is -0.850. The third-order valence-electron chi connectivity index (χ3n) is 5.98. The lowest BCUT2D eigenvalue weighted by Gasteiger charge is -2.36. The van der Waals surface area contributed by atoms with Crippen molar-refractivity contribution < 1.29 is 31.1 Å². The molecule has 178 valence electrons. The maximum Gasteiger partial charge on any atom is 0.416 e. The molecule has 0 spiro atoms. The van der Waals surface area contributed by atoms with Gasteiger partial charge in [0.05, 0.1) is 18.7 Å². The Bertz CT molecular complexity index is 833. The molecule has 0 aliphatic carbocycles. The van der Waals surface area contributed by atoms with Gasteiger partial charge in [0.1, 0.15) is 5.82 Å². The number of rotatable bonds is 6. The number of hydrogen-bond donors (Lipinski definition) is 1. The van der Waals surface area contributed by atoms with Crippen molar-refractivity contribution in [1.82, 2.24) is 15.1 Å². The maximum absolute atomic E-state index is 13.6. The first kappa shape index (κ1) is 24.4. The van der Waals surface area contributed by atoms with Crippen LogP contribution in [-0.2, 0) is 11.0 Å². The average Bonchev–Trinajstić information content (AvgIpc) is 2.70. The summed E-state index contributed by atoms with van der Waals surface area (Å²) in [7, 11) is 0. The number of alkyl halides is 5. The fourth-order valence-corrected chi connectivity index (χ4v) is 4.16. The molecule has 2 heterocycles. The van der Waals surface area contributed by atoms with E-state index in [4.69, 9.17) is 0 Å². The Hall–Kier alpha value is -2.23. The van der Waals surface area contributed by atoms with Gasteiger partial charge in [0.25, 0.3) is 5.92 Å². The van der Waals surface area contributed by atoms with Crippen LogP contribution in [0.1, 0.15) is 36.8 Å². The fraction of sp³-hybridized carbons (Fsp3) is 0.591. The van der Waals surface area contributed by atoms with E-state index in [-0.39, 0.29) is 36.1 Å². The Balaban J connectivity index is 1.45. The highest BCUT2D eigenvalue weighted by Crippen LogP contribution is 2.31. The molecule has 1 amide bonds. The van der Waals surface area contributed by atoms with Gasteiger partial charge in [-0.1, -0.05) is 6.58 Å². The highest BCUT2D eigenvalue weighted by atomic mass is 19.4. The summed E-state index contributed by atoms with van der Waals surface area (Å²) in [5, 5.41) is 2.97. The van der Waals surface area contributed by atoms with Crippen LogP contribution >= 0.6 is 0 Å². The van der Waals surface area contributed by atoms with Crippen molar-refractivity contribution in [2.45, 2.75) is 37.8 Å². The van der Waals surface area contributed by atoms with Gasteiger partial charge in [-0.05, 0) is 49.9 Å². The molecule has 0 saturated carbocycles. The first-order chi connectivity index (χ1) is 14.9. The van der Waals surface area contributed by atoms with Gasteiger partial charge in [0.2, 0.25) is 5.91 Å². The smallest absolute Gasteiger partial charge is 0.385 e. The van der Waals surface area contributed by atoms with E-state index in [1.165, 1.54) is 4.90 Å². The Morgan fingerprint density at radius 3 is 2.47 bits per heavy atom. The number of carbonyl (C=O) groups excluding carboxylic acids is 1. The quantitative estimate of drug-likeness (QED) is 0.637. The molecule has 2 aliphatic rings. The lowest BCUT2D eigenvalue weighted by Crippen LogP contribution is -2.49. The molecule has 4 nitrogen and oxygen atoms in total. The molecule has 0 aromatic heterocycles. The van der Waals surface area contributed by atoms with Crippen molar-refractivity contribution in [3.63, 3.8) is 0 Å². The number of hydrogen-bond acceptors (Lipinski definition) is 3. The molecule has 1 aromatic carbocycles. The summed E-state index contributed by atoms with van der Waals surface area (Å²) in [4.78, 5) is 15.6. The van der Waals surface area contributed by atoms with Crippen LogP contribution in [0.25, 0.3) is 5.70 Å². The molecule has 2 aliphatic heterocycles. The highest BCUT2D eigenvalue weighted by molar-refractivity contribution is 5.78. The fourth-order valence-electron chi connectivity index (χ4n) is 4.16. The number of carbonyl (C=O) groups is 1. The largest absolute Gasteiger partial charge is 0.416 e. The summed E-state index contributed by atoms with van der Waals surface area (Å²) in [6.07, 6.45) is -3.10. The number of halogens is 6. The molecule has 2 fully saturated rings. The zero-order valence-electron chi connectivity index (χ0n) is 17.7. The molecule has 1 aromatic rings. The third-order valence-corrected chi connectivity index (χ3v) is 5.98. The topological polar surface area (TPSA) is 35.6 Å². The van der Waals surface area contributed by atoms with Crippen molar-refractivity contribution in [3.05, 3.63) is 41.7 Å². The number of piperidine rings is 2. The number of nitrogens with zero attached hydrogens (tertiary/aromatic N) is 2. The van der Waals surface area contributed by atoms with Crippen LogP contribution in [0.2, 0.25) is 0 Å².